The van der Waals surface area contributed by atoms with E-state index in [2.05, 4.69) is 9.88 Å². The van der Waals surface area contributed by atoms with Crippen molar-refractivity contribution in [2.24, 2.45) is 0 Å². The molecule has 1 aromatic heterocycles. The summed E-state index contributed by atoms with van der Waals surface area (Å²) < 4.78 is 11.8. The van der Waals surface area contributed by atoms with Crippen LogP contribution in [0.2, 0.25) is 0 Å². The third-order valence-corrected chi connectivity index (χ3v) is 5.80. The zero-order valence-corrected chi connectivity index (χ0v) is 15.8. The van der Waals surface area contributed by atoms with Crippen molar-refractivity contribution in [3.05, 3.63) is 54.2 Å². The summed E-state index contributed by atoms with van der Waals surface area (Å²) in [6, 6.07) is 13.9. The summed E-state index contributed by atoms with van der Waals surface area (Å²) in [5.41, 5.74) is 1.75. The van der Waals surface area contributed by atoms with Gasteiger partial charge in [0.05, 0.1) is 45.1 Å². The average molecular weight is 381 g/mol. The van der Waals surface area contributed by atoms with E-state index in [1.165, 1.54) is 4.90 Å². The number of hydrogen-bond donors (Lipinski definition) is 1. The van der Waals surface area contributed by atoms with E-state index in [9.17, 15) is 4.79 Å². The van der Waals surface area contributed by atoms with Gasteiger partial charge in [0, 0.05) is 11.8 Å². The average Bonchev–Trinajstić information content (AvgIpc) is 2.98. The number of nitrogens with one attached hydrogen (secondary N) is 1. The molecule has 2 aromatic rings. The van der Waals surface area contributed by atoms with Crippen molar-refractivity contribution >= 4 is 17.4 Å². The van der Waals surface area contributed by atoms with Crippen LogP contribution in [-0.4, -0.2) is 57.0 Å². The monoisotopic (exact) mass is 381 g/mol. The molecule has 0 aliphatic carbocycles. The van der Waals surface area contributed by atoms with Gasteiger partial charge in [-0.1, -0.05) is 24.3 Å². The van der Waals surface area contributed by atoms with E-state index < -0.39 is 5.79 Å². The van der Waals surface area contributed by atoms with E-state index >= 15 is 0 Å². The van der Waals surface area contributed by atoms with E-state index in [1.54, 1.807) is 0 Å². The maximum absolute atomic E-state index is 13.3. The Morgan fingerprint density at radius 1 is 1.04 bits per heavy atom. The highest BCUT2D eigenvalue weighted by atomic mass is 16.7. The normalized spacial score (nSPS) is 21.9. The number of aromatic nitrogens is 1. The van der Waals surface area contributed by atoms with Gasteiger partial charge in [0.1, 0.15) is 5.82 Å². The van der Waals surface area contributed by atoms with Gasteiger partial charge in [0.2, 0.25) is 0 Å². The molecule has 1 amide bonds. The smallest absolute Gasteiger partial charge is 0.296 e. The molecule has 1 N–H and O–H groups in total. The molecule has 7 nitrogen and oxygen atoms in total. The topological polar surface area (TPSA) is 59.3 Å². The third-order valence-electron chi connectivity index (χ3n) is 5.80. The number of nitrogens with zero attached hydrogens (tertiary/aromatic N) is 3. The largest absolute Gasteiger partial charge is 0.345 e. The summed E-state index contributed by atoms with van der Waals surface area (Å²) in [4.78, 5) is 23.3. The number of para-hydroxylation sites is 1. The predicted molar refractivity (Wildman–Crippen MR) is 104 cm³/mol. The summed E-state index contributed by atoms with van der Waals surface area (Å²) in [6.45, 7) is 5.48. The van der Waals surface area contributed by atoms with Crippen LogP contribution in [0.1, 0.15) is 12.0 Å². The van der Waals surface area contributed by atoms with Crippen LogP contribution >= 0.6 is 0 Å². The van der Waals surface area contributed by atoms with Crippen LogP contribution in [0.5, 0.6) is 0 Å². The van der Waals surface area contributed by atoms with E-state index in [0.717, 1.165) is 49.7 Å². The fraction of sp³-hybridized carbons (Fsp3) is 0.429. The Hall–Kier alpha value is -2.48. The number of piperazine rings is 1. The molecule has 1 spiro atoms. The molecule has 0 saturated carbocycles. The molecular weight excluding hydrogens is 356 g/mol. The Kier molecular flexibility index (Phi) is 4.50. The lowest BCUT2D eigenvalue weighted by Gasteiger charge is -2.35. The highest BCUT2D eigenvalue weighted by molar-refractivity contribution is 6.05. The number of amides is 1. The first-order chi connectivity index (χ1) is 13.8. The molecule has 28 heavy (non-hydrogen) atoms. The van der Waals surface area contributed by atoms with Gasteiger partial charge in [-0.2, -0.15) is 0 Å². The zero-order valence-electron chi connectivity index (χ0n) is 15.8. The van der Waals surface area contributed by atoms with Gasteiger partial charge in [-0.25, -0.2) is 4.98 Å². The summed E-state index contributed by atoms with van der Waals surface area (Å²) in [5, 5.41) is 0. The number of anilines is 2. The molecule has 1 aromatic carbocycles. The van der Waals surface area contributed by atoms with Gasteiger partial charge in [0.25, 0.3) is 11.7 Å². The lowest BCUT2D eigenvalue weighted by atomic mass is 10.1. The van der Waals surface area contributed by atoms with Gasteiger partial charge >= 0.3 is 0 Å². The lowest BCUT2D eigenvalue weighted by Crippen LogP contribution is -3.16. The second kappa shape index (κ2) is 7.16. The van der Waals surface area contributed by atoms with Crippen LogP contribution in [0.25, 0.3) is 0 Å². The summed E-state index contributed by atoms with van der Waals surface area (Å²) in [6.07, 6.45) is 2.65. The van der Waals surface area contributed by atoms with E-state index in [0.29, 0.717) is 19.9 Å². The maximum Gasteiger partial charge on any atom is 0.296 e. The molecule has 5 rings (SSSR count). The van der Waals surface area contributed by atoms with Crippen molar-refractivity contribution in [1.29, 1.82) is 0 Å². The molecule has 7 heteroatoms. The quantitative estimate of drug-likeness (QED) is 0.833. The molecule has 3 aliphatic rings. The lowest BCUT2D eigenvalue weighted by molar-refractivity contribution is -0.899. The van der Waals surface area contributed by atoms with E-state index in [1.807, 2.05) is 53.6 Å². The zero-order chi connectivity index (χ0) is 19.0. The molecule has 2 fully saturated rings. The van der Waals surface area contributed by atoms with Gasteiger partial charge in [0.15, 0.2) is 6.67 Å². The molecular formula is C21H25N4O3+. The van der Waals surface area contributed by atoms with Crippen LogP contribution in [-0.2, 0) is 20.1 Å². The Morgan fingerprint density at radius 2 is 1.79 bits per heavy atom. The fourth-order valence-electron chi connectivity index (χ4n) is 4.33. The number of hydrogen-bond acceptors (Lipinski definition) is 5. The summed E-state index contributed by atoms with van der Waals surface area (Å²) >= 11 is 0. The van der Waals surface area contributed by atoms with Gasteiger partial charge < -0.3 is 19.3 Å². The van der Waals surface area contributed by atoms with E-state index in [4.69, 9.17) is 9.47 Å². The van der Waals surface area contributed by atoms with Crippen LogP contribution in [0.15, 0.2) is 48.7 Å². The molecule has 4 heterocycles. The van der Waals surface area contributed by atoms with Crippen molar-refractivity contribution in [2.45, 2.75) is 12.2 Å². The first kappa shape index (κ1) is 17.6. The molecule has 0 unspecified atom stereocenters. The fourth-order valence-corrected chi connectivity index (χ4v) is 4.33. The van der Waals surface area contributed by atoms with Crippen molar-refractivity contribution in [3.63, 3.8) is 0 Å². The SMILES string of the molecule is O=C1N(C[NH+]2CCN(c3ccccn3)CC2)c2ccccc2C12OCCCO2. The predicted octanol–water partition coefficient (Wildman–Crippen LogP) is 0.381. The van der Waals surface area contributed by atoms with Crippen molar-refractivity contribution in [1.82, 2.24) is 4.98 Å². The van der Waals surface area contributed by atoms with Gasteiger partial charge in [-0.15, -0.1) is 0 Å². The number of carbonyl (C=O) groups is 1. The molecule has 3 aliphatic heterocycles. The van der Waals surface area contributed by atoms with Crippen LogP contribution in [0.3, 0.4) is 0 Å². The number of quaternary nitrogens is 1. The first-order valence-corrected chi connectivity index (χ1v) is 9.97. The highest BCUT2D eigenvalue weighted by Crippen LogP contribution is 2.44. The number of fused-ring (bicyclic) bond motifs is 2. The third kappa shape index (κ3) is 2.87. The molecule has 0 bridgehead atoms. The Labute approximate surface area is 164 Å². The van der Waals surface area contributed by atoms with Crippen LogP contribution in [0, 0.1) is 0 Å². The molecule has 2 saturated heterocycles. The van der Waals surface area contributed by atoms with E-state index in [-0.39, 0.29) is 5.91 Å². The van der Waals surface area contributed by atoms with Crippen molar-refractivity contribution < 1.29 is 19.2 Å². The minimum Gasteiger partial charge on any atom is -0.345 e. The highest BCUT2D eigenvalue weighted by Gasteiger charge is 2.55. The second-order valence-electron chi connectivity index (χ2n) is 7.50. The molecule has 0 atom stereocenters. The minimum atomic E-state index is -1.25. The molecule has 0 radical (unpaired) electrons. The van der Waals surface area contributed by atoms with Crippen molar-refractivity contribution in [3.8, 4) is 0 Å². The number of benzene rings is 1. The number of pyridine rings is 1. The van der Waals surface area contributed by atoms with Crippen LogP contribution < -0.4 is 14.7 Å². The number of ether oxygens (including phenoxy) is 2. The Bertz CT molecular complexity index is 846. The summed E-state index contributed by atoms with van der Waals surface area (Å²) in [5.74, 6) is -0.315. The van der Waals surface area contributed by atoms with Gasteiger partial charge in [-0.05, 0) is 24.6 Å². The Balaban J connectivity index is 1.32. The minimum absolute atomic E-state index is 0.0898. The van der Waals surface area contributed by atoms with Crippen LogP contribution in [0.4, 0.5) is 11.5 Å². The number of rotatable bonds is 3. The summed E-state index contributed by atoms with van der Waals surface area (Å²) in [7, 11) is 0. The first-order valence-electron chi connectivity index (χ1n) is 9.97. The van der Waals surface area contributed by atoms with Gasteiger partial charge in [-0.3, -0.25) is 9.69 Å². The number of carbonyl (C=O) groups excluding carboxylic acids is 1. The Morgan fingerprint density at radius 3 is 2.54 bits per heavy atom. The van der Waals surface area contributed by atoms with Crippen molar-refractivity contribution in [2.75, 3.05) is 55.9 Å². The molecule has 146 valence electrons. The standard InChI is InChI=1S/C21H24N4O3/c26-20-21(27-14-5-15-28-21)17-6-1-2-7-18(17)25(20)16-23-10-12-24(13-11-23)19-8-3-4-9-22-19/h1-4,6-9H,5,10-16H2/p+1. The second-order valence-corrected chi connectivity index (χ2v) is 7.50. The maximum atomic E-state index is 13.3.